The van der Waals surface area contributed by atoms with Crippen molar-refractivity contribution < 1.29 is 18.7 Å². The Hall–Kier alpha value is -4.60. The van der Waals surface area contributed by atoms with Gasteiger partial charge in [0.05, 0.1) is 37.0 Å². The zero-order valence-electron chi connectivity index (χ0n) is 21.9. The predicted molar refractivity (Wildman–Crippen MR) is 139 cm³/mol. The highest BCUT2D eigenvalue weighted by atomic mass is 19.1. The number of anilines is 1. The lowest BCUT2D eigenvalue weighted by Gasteiger charge is -2.40. The van der Waals surface area contributed by atoms with Gasteiger partial charge in [-0.1, -0.05) is 0 Å². The quantitative estimate of drug-likeness (QED) is 0.470. The van der Waals surface area contributed by atoms with Crippen LogP contribution in [0.25, 0.3) is 11.3 Å². The number of primary amides is 1. The number of nitrogens with two attached hydrogens (primary N) is 1. The molecule has 40 heavy (non-hydrogen) atoms. The number of carbonyl (C=O) groups is 2. The highest BCUT2D eigenvalue weighted by Gasteiger charge is 2.65. The molecule has 12 nitrogen and oxygen atoms in total. The number of amides is 2. The molecular formula is C27H28FN9O3. The molecule has 3 N–H and O–H groups in total. The van der Waals surface area contributed by atoms with Gasteiger partial charge in [0.15, 0.2) is 5.82 Å². The van der Waals surface area contributed by atoms with Gasteiger partial charge in [0.25, 0.3) is 5.91 Å². The Bertz CT molecular complexity index is 1500. The van der Waals surface area contributed by atoms with Crippen LogP contribution in [0.15, 0.2) is 30.7 Å². The van der Waals surface area contributed by atoms with E-state index in [1.807, 2.05) is 11.0 Å². The maximum absolute atomic E-state index is 14.5. The van der Waals surface area contributed by atoms with Crippen molar-refractivity contribution in [3.8, 4) is 23.2 Å². The lowest BCUT2D eigenvalue weighted by molar-refractivity contribution is -0.124. The number of aromatic amines is 1. The number of pyridine rings is 1. The van der Waals surface area contributed by atoms with Crippen LogP contribution in [-0.4, -0.2) is 74.1 Å². The van der Waals surface area contributed by atoms with Crippen LogP contribution in [0.2, 0.25) is 0 Å². The summed E-state index contributed by atoms with van der Waals surface area (Å²) in [4.78, 5) is 42.5. The Morgan fingerprint density at radius 2 is 1.98 bits per heavy atom. The van der Waals surface area contributed by atoms with Crippen molar-refractivity contribution in [3.63, 3.8) is 0 Å². The molecule has 1 aliphatic carbocycles. The van der Waals surface area contributed by atoms with Gasteiger partial charge in [0.2, 0.25) is 17.7 Å². The zero-order valence-corrected chi connectivity index (χ0v) is 21.9. The Labute approximate surface area is 229 Å². The first-order valence-corrected chi connectivity index (χ1v) is 13.2. The number of likely N-dealkylation sites (tertiary alicyclic amines) is 1. The standard InChI is InChI=1S/C27H28FN9O3/c1-40-23-6-18(20(28)13-31-23)21-7-22(35-34-21)25(39)37-5-3-16(24(30)38)8-27(37)9-19(27)17-2-4-36(14-17)26-32-11-15(10-29)12-33-26/h6-7,11-13,16-17,19H,2-5,8-9,14H2,1H3,(H2,30,38)(H,34,35)/t16?,17-,19?,27?/m0/s1. The van der Waals surface area contributed by atoms with E-state index in [0.29, 0.717) is 30.9 Å². The molecule has 1 saturated carbocycles. The first-order chi connectivity index (χ1) is 19.3. The van der Waals surface area contributed by atoms with E-state index < -0.39 is 11.4 Å². The molecule has 1 spiro atoms. The molecule has 2 saturated heterocycles. The number of aromatic nitrogens is 5. The van der Waals surface area contributed by atoms with E-state index in [-0.39, 0.29) is 52.4 Å². The number of ether oxygens (including phenoxy) is 1. The summed E-state index contributed by atoms with van der Waals surface area (Å²) in [6, 6.07) is 4.99. The largest absolute Gasteiger partial charge is 0.481 e. The monoisotopic (exact) mass is 545 g/mol. The Kier molecular flexibility index (Phi) is 6.32. The lowest BCUT2D eigenvalue weighted by atomic mass is 9.84. The van der Waals surface area contributed by atoms with Crippen LogP contribution in [0, 0.1) is 34.9 Å². The summed E-state index contributed by atoms with van der Waals surface area (Å²) in [7, 11) is 1.44. The van der Waals surface area contributed by atoms with Crippen LogP contribution >= 0.6 is 0 Å². The third-order valence-corrected chi connectivity index (χ3v) is 8.56. The first-order valence-electron chi connectivity index (χ1n) is 13.2. The third kappa shape index (κ3) is 4.39. The number of carbonyl (C=O) groups excluding carboxylic acids is 2. The molecule has 3 aromatic heterocycles. The molecule has 4 atom stereocenters. The van der Waals surface area contributed by atoms with Crippen molar-refractivity contribution in [3.05, 3.63) is 47.8 Å². The average Bonchev–Trinajstić information content (AvgIpc) is 3.32. The summed E-state index contributed by atoms with van der Waals surface area (Å²) in [6.45, 7) is 1.88. The predicted octanol–water partition coefficient (Wildman–Crippen LogP) is 1.90. The van der Waals surface area contributed by atoms with Crippen LogP contribution in [0.5, 0.6) is 5.88 Å². The summed E-state index contributed by atoms with van der Waals surface area (Å²) in [6.07, 6.45) is 6.75. The highest BCUT2D eigenvalue weighted by Crippen LogP contribution is 2.60. The number of nitriles is 1. The van der Waals surface area contributed by atoms with E-state index in [0.717, 1.165) is 32.1 Å². The second-order valence-corrected chi connectivity index (χ2v) is 10.7. The number of nitrogens with zero attached hydrogens (tertiary/aromatic N) is 7. The van der Waals surface area contributed by atoms with Gasteiger partial charge in [0, 0.05) is 42.7 Å². The molecule has 6 rings (SSSR count). The van der Waals surface area contributed by atoms with Gasteiger partial charge in [0.1, 0.15) is 11.8 Å². The second-order valence-electron chi connectivity index (χ2n) is 10.7. The van der Waals surface area contributed by atoms with Gasteiger partial charge >= 0.3 is 0 Å². The summed E-state index contributed by atoms with van der Waals surface area (Å²) in [5, 5.41) is 16.0. The number of methoxy groups -OCH3 is 1. The molecule has 5 heterocycles. The molecule has 3 fully saturated rings. The van der Waals surface area contributed by atoms with E-state index in [2.05, 4.69) is 30.0 Å². The molecule has 3 aromatic rings. The van der Waals surface area contributed by atoms with Crippen molar-refractivity contribution >= 4 is 17.8 Å². The van der Waals surface area contributed by atoms with E-state index in [4.69, 9.17) is 15.7 Å². The number of nitrogens with one attached hydrogen (secondary N) is 1. The van der Waals surface area contributed by atoms with Crippen LogP contribution in [0.1, 0.15) is 41.7 Å². The zero-order chi connectivity index (χ0) is 28.0. The van der Waals surface area contributed by atoms with Gasteiger partial charge < -0.3 is 20.3 Å². The molecule has 3 aliphatic rings. The van der Waals surface area contributed by atoms with Crippen LogP contribution < -0.4 is 15.4 Å². The average molecular weight is 546 g/mol. The fourth-order valence-corrected chi connectivity index (χ4v) is 6.45. The Morgan fingerprint density at radius 1 is 1.18 bits per heavy atom. The fraction of sp³-hybridized carbons (Fsp3) is 0.444. The normalized spacial score (nSPS) is 25.6. The molecule has 0 bridgehead atoms. The number of hydrogen-bond donors (Lipinski definition) is 2. The molecule has 3 unspecified atom stereocenters. The first kappa shape index (κ1) is 25.7. The van der Waals surface area contributed by atoms with E-state index in [9.17, 15) is 14.0 Å². The van der Waals surface area contributed by atoms with Crippen molar-refractivity contribution in [2.24, 2.45) is 23.5 Å². The van der Waals surface area contributed by atoms with Gasteiger partial charge in [-0.15, -0.1) is 0 Å². The summed E-state index contributed by atoms with van der Waals surface area (Å²) in [5.41, 5.74) is 6.32. The molecule has 0 radical (unpaired) electrons. The minimum atomic E-state index is -0.579. The Morgan fingerprint density at radius 3 is 2.70 bits per heavy atom. The molecule has 206 valence electrons. The topological polar surface area (TPSA) is 167 Å². The third-order valence-electron chi connectivity index (χ3n) is 8.56. The maximum Gasteiger partial charge on any atom is 0.272 e. The smallest absolute Gasteiger partial charge is 0.272 e. The van der Waals surface area contributed by atoms with Crippen LogP contribution in [-0.2, 0) is 4.79 Å². The molecule has 13 heteroatoms. The minimum Gasteiger partial charge on any atom is -0.481 e. The molecule has 2 aliphatic heterocycles. The SMILES string of the molecule is COc1cc(-c2cc(C(=O)N3CCC(C(N)=O)CC34CC4[C@H]3CCN(c4ncc(C#N)cn4)C3)[nH]n2)c(F)cn1. The fourth-order valence-electron chi connectivity index (χ4n) is 6.45. The van der Waals surface area contributed by atoms with Gasteiger partial charge in [-0.2, -0.15) is 10.4 Å². The van der Waals surface area contributed by atoms with E-state index >= 15 is 0 Å². The summed E-state index contributed by atoms with van der Waals surface area (Å²) >= 11 is 0. The van der Waals surface area contributed by atoms with E-state index in [1.54, 1.807) is 0 Å². The summed E-state index contributed by atoms with van der Waals surface area (Å²) < 4.78 is 19.6. The van der Waals surface area contributed by atoms with Crippen molar-refractivity contribution in [1.82, 2.24) is 30.0 Å². The number of halogens is 1. The summed E-state index contributed by atoms with van der Waals surface area (Å²) in [5.74, 6) is -0.195. The Balaban J connectivity index is 1.23. The van der Waals surface area contributed by atoms with Crippen molar-refractivity contribution in [2.45, 2.75) is 31.2 Å². The van der Waals surface area contributed by atoms with E-state index in [1.165, 1.54) is 31.6 Å². The number of piperidine rings is 1. The lowest BCUT2D eigenvalue weighted by Crippen LogP contribution is -2.52. The van der Waals surface area contributed by atoms with Crippen LogP contribution in [0.3, 0.4) is 0 Å². The van der Waals surface area contributed by atoms with Crippen LogP contribution in [0.4, 0.5) is 10.3 Å². The molecular weight excluding hydrogens is 517 g/mol. The second kappa shape index (κ2) is 9.86. The molecule has 2 amide bonds. The van der Waals surface area contributed by atoms with Gasteiger partial charge in [-0.3, -0.25) is 14.7 Å². The van der Waals surface area contributed by atoms with Crippen molar-refractivity contribution in [2.75, 3.05) is 31.6 Å². The number of hydrogen-bond acceptors (Lipinski definition) is 9. The highest BCUT2D eigenvalue weighted by molar-refractivity contribution is 5.94. The maximum atomic E-state index is 14.5. The molecule has 0 aromatic carbocycles. The van der Waals surface area contributed by atoms with Gasteiger partial charge in [-0.25, -0.2) is 19.3 Å². The minimum absolute atomic E-state index is 0.171. The van der Waals surface area contributed by atoms with Gasteiger partial charge in [-0.05, 0) is 43.6 Å². The number of rotatable bonds is 6. The van der Waals surface area contributed by atoms with Crippen molar-refractivity contribution in [1.29, 1.82) is 5.26 Å². The number of H-pyrrole nitrogens is 1.